The van der Waals surface area contributed by atoms with Gasteiger partial charge in [0.05, 0.1) is 12.7 Å². The molecule has 0 spiro atoms. The molecule has 5 heteroatoms. The summed E-state index contributed by atoms with van der Waals surface area (Å²) in [6.45, 7) is 1.91. The van der Waals surface area contributed by atoms with Crippen LogP contribution < -0.4 is 14.8 Å². The number of amides is 1. The van der Waals surface area contributed by atoms with Crippen molar-refractivity contribution in [2.24, 2.45) is 0 Å². The van der Waals surface area contributed by atoms with Crippen LogP contribution in [0.15, 0.2) is 42.5 Å². The first-order valence-electron chi connectivity index (χ1n) is 7.16. The van der Waals surface area contributed by atoms with Crippen LogP contribution in [0.2, 0.25) is 0 Å². The molecule has 1 N–H and O–H groups in total. The first kappa shape index (κ1) is 16.4. The van der Waals surface area contributed by atoms with Crippen LogP contribution in [0, 0.1) is 17.8 Å². The Hall–Kier alpha value is -3.00. The smallest absolute Gasteiger partial charge is 0.228 e. The minimum Gasteiger partial charge on any atom is -0.495 e. The van der Waals surface area contributed by atoms with E-state index in [2.05, 4.69) is 5.32 Å². The van der Waals surface area contributed by atoms with Crippen molar-refractivity contribution in [3.63, 3.8) is 0 Å². The molecule has 117 valence electrons. The second-order valence-corrected chi connectivity index (χ2v) is 4.70. The fourth-order valence-corrected chi connectivity index (χ4v) is 1.95. The predicted molar refractivity (Wildman–Crippen MR) is 87.4 cm³/mol. The van der Waals surface area contributed by atoms with Crippen molar-refractivity contribution < 1.29 is 14.3 Å². The van der Waals surface area contributed by atoms with Gasteiger partial charge in [-0.2, -0.15) is 5.26 Å². The molecule has 0 saturated heterocycles. The van der Waals surface area contributed by atoms with Crippen molar-refractivity contribution in [2.45, 2.75) is 13.3 Å². The molecule has 0 aliphatic carbocycles. The topological polar surface area (TPSA) is 71.3 Å². The SMILES string of the molecule is CC[CH]C(=O)Nc1ccc(Oc2ccc(C#N)c(OC)c2)cc1. The zero-order chi connectivity index (χ0) is 16.7. The second kappa shape index (κ2) is 7.85. The zero-order valence-corrected chi connectivity index (χ0v) is 13.0. The number of rotatable bonds is 6. The molecule has 1 radical (unpaired) electrons. The third-order valence-electron chi connectivity index (χ3n) is 3.04. The van der Waals surface area contributed by atoms with Crippen LogP contribution in [0.3, 0.4) is 0 Å². The predicted octanol–water partition coefficient (Wildman–Crippen LogP) is 3.91. The van der Waals surface area contributed by atoms with Crippen molar-refractivity contribution in [3.05, 3.63) is 54.4 Å². The maximum Gasteiger partial charge on any atom is 0.228 e. The van der Waals surface area contributed by atoms with Gasteiger partial charge in [-0.25, -0.2) is 0 Å². The second-order valence-electron chi connectivity index (χ2n) is 4.70. The van der Waals surface area contributed by atoms with Gasteiger partial charge in [0.1, 0.15) is 23.3 Å². The number of ether oxygens (including phenoxy) is 2. The van der Waals surface area contributed by atoms with E-state index in [0.29, 0.717) is 34.9 Å². The standard InChI is InChI=1S/C18H17N2O3/c1-3-4-18(21)20-14-6-9-15(10-7-14)23-16-8-5-13(12-19)17(11-16)22-2/h4-11H,3H2,1-2H3,(H,20,21). The Balaban J connectivity index is 2.06. The average molecular weight is 309 g/mol. The van der Waals surface area contributed by atoms with E-state index in [1.54, 1.807) is 48.9 Å². The largest absolute Gasteiger partial charge is 0.495 e. The molecular formula is C18H17N2O3. The Morgan fingerprint density at radius 3 is 2.52 bits per heavy atom. The van der Waals surface area contributed by atoms with Crippen molar-refractivity contribution in [1.82, 2.24) is 0 Å². The van der Waals surface area contributed by atoms with Crippen LogP contribution >= 0.6 is 0 Å². The molecule has 2 aromatic carbocycles. The number of nitrogens with zero attached hydrogens (tertiary/aromatic N) is 1. The van der Waals surface area contributed by atoms with Gasteiger partial charge in [-0.05, 0) is 42.8 Å². The molecule has 0 fully saturated rings. The van der Waals surface area contributed by atoms with Crippen molar-refractivity contribution in [3.8, 4) is 23.3 Å². The van der Waals surface area contributed by atoms with E-state index in [9.17, 15) is 4.79 Å². The van der Waals surface area contributed by atoms with E-state index in [0.717, 1.165) is 0 Å². The fraction of sp³-hybridized carbons (Fsp3) is 0.167. The van der Waals surface area contributed by atoms with Gasteiger partial charge in [-0.15, -0.1) is 0 Å². The van der Waals surface area contributed by atoms with Gasteiger partial charge >= 0.3 is 0 Å². The Kier molecular flexibility index (Phi) is 5.59. The van der Waals surface area contributed by atoms with Gasteiger partial charge in [-0.1, -0.05) is 6.92 Å². The molecule has 0 heterocycles. The molecule has 23 heavy (non-hydrogen) atoms. The highest BCUT2D eigenvalue weighted by atomic mass is 16.5. The quantitative estimate of drug-likeness (QED) is 0.878. The number of hydrogen-bond donors (Lipinski definition) is 1. The van der Waals surface area contributed by atoms with E-state index < -0.39 is 0 Å². The zero-order valence-electron chi connectivity index (χ0n) is 13.0. The van der Waals surface area contributed by atoms with Gasteiger partial charge in [0.2, 0.25) is 5.91 Å². The molecule has 0 aliphatic rings. The van der Waals surface area contributed by atoms with E-state index in [1.165, 1.54) is 7.11 Å². The van der Waals surface area contributed by atoms with E-state index in [4.69, 9.17) is 14.7 Å². The molecule has 0 aromatic heterocycles. The average Bonchev–Trinajstić information content (AvgIpc) is 2.56. The highest BCUT2D eigenvalue weighted by Crippen LogP contribution is 2.28. The molecule has 0 aliphatic heterocycles. The highest BCUT2D eigenvalue weighted by Gasteiger charge is 2.06. The lowest BCUT2D eigenvalue weighted by molar-refractivity contribution is -0.113. The lowest BCUT2D eigenvalue weighted by Gasteiger charge is -2.09. The summed E-state index contributed by atoms with van der Waals surface area (Å²) < 4.78 is 10.9. The van der Waals surface area contributed by atoms with Crippen molar-refractivity contribution in [1.29, 1.82) is 5.26 Å². The molecular weight excluding hydrogens is 292 g/mol. The molecule has 1 amide bonds. The normalized spacial score (nSPS) is 9.78. The lowest BCUT2D eigenvalue weighted by Crippen LogP contribution is -2.10. The fourth-order valence-electron chi connectivity index (χ4n) is 1.95. The molecule has 0 unspecified atom stereocenters. The van der Waals surface area contributed by atoms with Crippen LogP contribution in [0.4, 0.5) is 5.69 Å². The summed E-state index contributed by atoms with van der Waals surface area (Å²) in [6, 6.07) is 14.1. The number of nitrogens with one attached hydrogen (secondary N) is 1. The molecule has 0 saturated carbocycles. The van der Waals surface area contributed by atoms with Crippen LogP contribution in [0.25, 0.3) is 0 Å². The third-order valence-corrected chi connectivity index (χ3v) is 3.04. The number of nitriles is 1. The maximum absolute atomic E-state index is 11.5. The van der Waals surface area contributed by atoms with E-state index >= 15 is 0 Å². The Labute approximate surface area is 135 Å². The highest BCUT2D eigenvalue weighted by molar-refractivity contribution is 5.97. The Morgan fingerprint density at radius 2 is 1.91 bits per heavy atom. The molecule has 0 bridgehead atoms. The van der Waals surface area contributed by atoms with Crippen molar-refractivity contribution >= 4 is 11.6 Å². The van der Waals surface area contributed by atoms with Gasteiger partial charge in [0.15, 0.2) is 0 Å². The molecule has 2 rings (SSSR count). The Bertz CT molecular complexity index is 718. The number of benzene rings is 2. The van der Waals surface area contributed by atoms with E-state index in [-0.39, 0.29) is 5.91 Å². The summed E-state index contributed by atoms with van der Waals surface area (Å²) in [5.41, 5.74) is 1.15. The number of hydrogen-bond acceptors (Lipinski definition) is 4. The minimum atomic E-state index is -0.127. The van der Waals surface area contributed by atoms with E-state index in [1.807, 2.05) is 13.0 Å². The van der Waals surface area contributed by atoms with Crippen LogP contribution in [-0.4, -0.2) is 13.0 Å². The maximum atomic E-state index is 11.5. The van der Waals surface area contributed by atoms with Crippen molar-refractivity contribution in [2.75, 3.05) is 12.4 Å². The summed E-state index contributed by atoms with van der Waals surface area (Å²) in [5.74, 6) is 1.52. The minimum absolute atomic E-state index is 0.127. The van der Waals surface area contributed by atoms with Crippen LogP contribution in [0.1, 0.15) is 18.9 Å². The van der Waals surface area contributed by atoms with Gasteiger partial charge < -0.3 is 14.8 Å². The summed E-state index contributed by atoms with van der Waals surface area (Å²) in [4.78, 5) is 11.5. The monoisotopic (exact) mass is 309 g/mol. The van der Waals surface area contributed by atoms with Crippen LogP contribution in [-0.2, 0) is 4.79 Å². The Morgan fingerprint density at radius 1 is 1.22 bits per heavy atom. The van der Waals surface area contributed by atoms with Gasteiger partial charge in [-0.3, -0.25) is 4.79 Å². The number of carbonyl (C=O) groups excluding carboxylic acids is 1. The summed E-state index contributed by atoms with van der Waals surface area (Å²) >= 11 is 0. The molecule has 5 nitrogen and oxygen atoms in total. The number of anilines is 1. The summed E-state index contributed by atoms with van der Waals surface area (Å²) in [5, 5.41) is 11.7. The summed E-state index contributed by atoms with van der Waals surface area (Å²) in [7, 11) is 1.50. The van der Waals surface area contributed by atoms with Crippen LogP contribution in [0.5, 0.6) is 17.2 Å². The molecule has 2 aromatic rings. The van der Waals surface area contributed by atoms with Gasteiger partial charge in [0.25, 0.3) is 0 Å². The van der Waals surface area contributed by atoms with Gasteiger partial charge in [0, 0.05) is 18.2 Å². The number of methoxy groups -OCH3 is 1. The first-order chi connectivity index (χ1) is 11.2. The molecule has 0 atom stereocenters. The first-order valence-corrected chi connectivity index (χ1v) is 7.16. The lowest BCUT2D eigenvalue weighted by atomic mass is 10.2. The third kappa shape index (κ3) is 4.48. The number of carbonyl (C=O) groups is 1. The summed E-state index contributed by atoms with van der Waals surface area (Å²) in [6.07, 6.45) is 2.26.